The SMILES string of the molecule is Cc1cc2c(cc1F)[nH]c(=S)n2C(C)c1ccc(Cl)s1. The number of benzene rings is 1. The largest absolute Gasteiger partial charge is 0.330 e. The van der Waals surface area contributed by atoms with Gasteiger partial charge >= 0.3 is 0 Å². The third kappa shape index (κ3) is 2.20. The summed E-state index contributed by atoms with van der Waals surface area (Å²) >= 11 is 12.9. The number of H-pyrrole nitrogens is 1. The van der Waals surface area contributed by atoms with Crippen LogP contribution in [0.2, 0.25) is 4.34 Å². The van der Waals surface area contributed by atoms with Crippen molar-refractivity contribution < 1.29 is 4.39 Å². The van der Waals surface area contributed by atoms with Crippen molar-refractivity contribution in [1.82, 2.24) is 9.55 Å². The van der Waals surface area contributed by atoms with Crippen molar-refractivity contribution in [2.75, 3.05) is 0 Å². The van der Waals surface area contributed by atoms with Gasteiger partial charge < -0.3 is 9.55 Å². The highest BCUT2D eigenvalue weighted by Crippen LogP contribution is 2.32. The Balaban J connectivity index is 2.23. The van der Waals surface area contributed by atoms with Crippen LogP contribution in [0.15, 0.2) is 24.3 Å². The molecule has 3 rings (SSSR count). The van der Waals surface area contributed by atoms with Gasteiger partial charge in [-0.3, -0.25) is 0 Å². The molecule has 104 valence electrons. The van der Waals surface area contributed by atoms with Crippen LogP contribution in [0.3, 0.4) is 0 Å². The molecule has 2 heterocycles. The van der Waals surface area contributed by atoms with E-state index in [9.17, 15) is 4.39 Å². The van der Waals surface area contributed by atoms with Crippen molar-refractivity contribution in [2.45, 2.75) is 19.9 Å². The van der Waals surface area contributed by atoms with E-state index in [1.54, 1.807) is 6.92 Å². The van der Waals surface area contributed by atoms with E-state index in [0.717, 1.165) is 14.7 Å². The second-order valence-corrected chi connectivity index (χ2v) is 6.87. The fraction of sp³-hybridized carbons (Fsp3) is 0.214. The van der Waals surface area contributed by atoms with Crippen LogP contribution in [-0.2, 0) is 0 Å². The lowest BCUT2D eigenvalue weighted by Gasteiger charge is -2.13. The van der Waals surface area contributed by atoms with E-state index >= 15 is 0 Å². The number of thiophene rings is 1. The minimum Gasteiger partial charge on any atom is -0.330 e. The summed E-state index contributed by atoms with van der Waals surface area (Å²) in [7, 11) is 0. The maximum absolute atomic E-state index is 13.6. The monoisotopic (exact) mass is 326 g/mol. The van der Waals surface area contributed by atoms with Gasteiger partial charge in [0.15, 0.2) is 4.77 Å². The van der Waals surface area contributed by atoms with Crippen molar-refractivity contribution in [1.29, 1.82) is 0 Å². The van der Waals surface area contributed by atoms with Gasteiger partial charge in [0.25, 0.3) is 0 Å². The van der Waals surface area contributed by atoms with Crippen LogP contribution in [0.1, 0.15) is 23.4 Å². The first-order valence-corrected chi connectivity index (χ1v) is 7.73. The van der Waals surface area contributed by atoms with E-state index < -0.39 is 0 Å². The Morgan fingerprint density at radius 1 is 1.40 bits per heavy atom. The Morgan fingerprint density at radius 3 is 2.80 bits per heavy atom. The first-order chi connectivity index (χ1) is 9.47. The number of hydrogen-bond acceptors (Lipinski definition) is 2. The van der Waals surface area contributed by atoms with Crippen molar-refractivity contribution in [3.8, 4) is 0 Å². The smallest absolute Gasteiger partial charge is 0.178 e. The molecule has 0 aliphatic carbocycles. The second-order valence-electron chi connectivity index (χ2n) is 4.74. The summed E-state index contributed by atoms with van der Waals surface area (Å²) in [6.45, 7) is 3.81. The number of nitrogens with one attached hydrogen (secondary N) is 1. The molecule has 0 spiro atoms. The second kappa shape index (κ2) is 4.98. The topological polar surface area (TPSA) is 20.7 Å². The van der Waals surface area contributed by atoms with Crippen LogP contribution < -0.4 is 0 Å². The Kier molecular flexibility index (Phi) is 3.44. The van der Waals surface area contributed by atoms with Gasteiger partial charge in [-0.15, -0.1) is 11.3 Å². The summed E-state index contributed by atoms with van der Waals surface area (Å²) in [5.41, 5.74) is 2.23. The number of fused-ring (bicyclic) bond motifs is 1. The number of rotatable bonds is 2. The lowest BCUT2D eigenvalue weighted by Crippen LogP contribution is -2.05. The van der Waals surface area contributed by atoms with E-state index in [-0.39, 0.29) is 11.9 Å². The molecule has 0 fully saturated rings. The molecule has 0 aliphatic rings. The highest BCUT2D eigenvalue weighted by molar-refractivity contribution is 7.71. The molecule has 2 nitrogen and oxygen atoms in total. The Bertz CT molecular complexity index is 847. The zero-order chi connectivity index (χ0) is 14.4. The molecule has 0 saturated heterocycles. The summed E-state index contributed by atoms with van der Waals surface area (Å²) in [4.78, 5) is 4.18. The van der Waals surface area contributed by atoms with Crippen LogP contribution in [0.5, 0.6) is 0 Å². The predicted molar refractivity (Wildman–Crippen MR) is 85.0 cm³/mol. The van der Waals surface area contributed by atoms with Crippen molar-refractivity contribution in [2.24, 2.45) is 0 Å². The number of aromatic nitrogens is 2. The fourth-order valence-electron chi connectivity index (χ4n) is 2.32. The van der Waals surface area contributed by atoms with E-state index in [2.05, 4.69) is 11.9 Å². The van der Waals surface area contributed by atoms with Gasteiger partial charge in [0, 0.05) is 4.88 Å². The summed E-state index contributed by atoms with van der Waals surface area (Å²) in [5, 5.41) is 0. The summed E-state index contributed by atoms with van der Waals surface area (Å²) in [6.07, 6.45) is 0. The summed E-state index contributed by atoms with van der Waals surface area (Å²) in [5.74, 6) is -0.229. The van der Waals surface area contributed by atoms with E-state index in [1.165, 1.54) is 17.4 Å². The third-order valence-corrected chi connectivity index (χ3v) is 5.09. The van der Waals surface area contributed by atoms with Crippen molar-refractivity contribution in [3.05, 3.63) is 49.6 Å². The number of halogens is 2. The molecule has 3 aromatic rings. The Labute approximate surface area is 129 Å². The normalized spacial score (nSPS) is 13.0. The van der Waals surface area contributed by atoms with E-state index in [4.69, 9.17) is 23.8 Å². The molecule has 0 radical (unpaired) electrons. The molecule has 1 aromatic carbocycles. The molecule has 0 saturated carbocycles. The molecule has 0 amide bonds. The van der Waals surface area contributed by atoms with Crippen molar-refractivity contribution >= 4 is 46.2 Å². The third-order valence-electron chi connectivity index (χ3n) is 3.39. The maximum atomic E-state index is 13.6. The molecule has 0 bridgehead atoms. The van der Waals surface area contributed by atoms with Gasteiger partial charge in [-0.1, -0.05) is 11.6 Å². The highest BCUT2D eigenvalue weighted by Gasteiger charge is 2.16. The van der Waals surface area contributed by atoms with Gasteiger partial charge in [0.2, 0.25) is 0 Å². The minimum atomic E-state index is -0.229. The van der Waals surface area contributed by atoms with E-state index in [1.807, 2.05) is 22.8 Å². The van der Waals surface area contributed by atoms with Gasteiger partial charge in [-0.25, -0.2) is 4.39 Å². The zero-order valence-electron chi connectivity index (χ0n) is 10.9. The van der Waals surface area contributed by atoms with E-state index in [0.29, 0.717) is 15.9 Å². The first kappa shape index (κ1) is 13.8. The summed E-state index contributed by atoms with van der Waals surface area (Å²) < 4.78 is 17.0. The molecule has 1 atom stereocenters. The van der Waals surface area contributed by atoms with Gasteiger partial charge in [0.05, 0.1) is 21.4 Å². The average Bonchev–Trinajstić information content (AvgIpc) is 2.93. The molecule has 6 heteroatoms. The fourth-order valence-corrected chi connectivity index (χ4v) is 3.79. The van der Waals surface area contributed by atoms with Crippen molar-refractivity contribution in [3.63, 3.8) is 0 Å². The standard InChI is InChI=1S/C14H12ClFN2S2/c1-7-5-11-10(6-9(7)16)17-14(19)18(11)8(2)12-3-4-13(15)20-12/h3-6,8H,1-2H3,(H,17,19). The molecule has 1 N–H and O–H groups in total. The van der Waals surface area contributed by atoms with Crippen LogP contribution in [0.4, 0.5) is 4.39 Å². The Morgan fingerprint density at radius 2 is 2.15 bits per heavy atom. The average molecular weight is 327 g/mol. The van der Waals surface area contributed by atoms with Crippen LogP contribution in [0, 0.1) is 17.5 Å². The zero-order valence-corrected chi connectivity index (χ0v) is 13.3. The number of nitrogens with zero attached hydrogens (tertiary/aromatic N) is 1. The molecular weight excluding hydrogens is 315 g/mol. The van der Waals surface area contributed by atoms with Gasteiger partial charge in [0.1, 0.15) is 5.82 Å². The number of hydrogen-bond donors (Lipinski definition) is 1. The number of aromatic amines is 1. The number of aryl methyl sites for hydroxylation is 1. The highest BCUT2D eigenvalue weighted by atomic mass is 35.5. The van der Waals surface area contributed by atoms with Gasteiger partial charge in [-0.05, 0) is 55.9 Å². The van der Waals surface area contributed by atoms with Crippen LogP contribution in [-0.4, -0.2) is 9.55 Å². The number of imidazole rings is 1. The lowest BCUT2D eigenvalue weighted by molar-refractivity contribution is 0.619. The molecule has 0 aliphatic heterocycles. The molecule has 20 heavy (non-hydrogen) atoms. The summed E-state index contributed by atoms with van der Waals surface area (Å²) in [6, 6.07) is 7.24. The molecular formula is C14H12ClFN2S2. The lowest BCUT2D eigenvalue weighted by atomic mass is 10.2. The molecule has 1 unspecified atom stereocenters. The Hall–Kier alpha value is -1.17. The maximum Gasteiger partial charge on any atom is 0.178 e. The minimum absolute atomic E-state index is 0.0543. The quantitative estimate of drug-likeness (QED) is 0.619. The first-order valence-electron chi connectivity index (χ1n) is 6.13. The predicted octanol–water partition coefficient (Wildman–Crippen LogP) is 5.47. The molecule has 2 aromatic heterocycles. The van der Waals surface area contributed by atoms with Crippen LogP contribution >= 0.6 is 35.2 Å². The van der Waals surface area contributed by atoms with Crippen LogP contribution in [0.25, 0.3) is 11.0 Å². The van der Waals surface area contributed by atoms with Gasteiger partial charge in [-0.2, -0.15) is 0 Å².